The number of carboxylic acid groups (broad SMARTS) is 1. The molecule has 2 aliphatic carbocycles. The Morgan fingerprint density at radius 1 is 0.939 bits per heavy atom. The number of likely N-dealkylation sites (tertiary alicyclic amines) is 1. The number of aliphatic carboxylic acids is 1. The molecule has 0 unspecified atom stereocenters. The molecule has 2 amide bonds. The second-order valence-corrected chi connectivity index (χ2v) is 9.14. The summed E-state index contributed by atoms with van der Waals surface area (Å²) in [6.07, 6.45) is 2.80. The number of hydrogen-bond donors (Lipinski definition) is 2. The van der Waals surface area contributed by atoms with Crippen LogP contribution in [-0.2, 0) is 14.3 Å². The Balaban J connectivity index is 1.23. The van der Waals surface area contributed by atoms with Gasteiger partial charge in [0.25, 0.3) is 0 Å². The molecule has 5 rings (SSSR count). The van der Waals surface area contributed by atoms with E-state index < -0.39 is 24.0 Å². The number of nitrogens with zero attached hydrogens (tertiary/aromatic N) is 1. The van der Waals surface area contributed by atoms with Crippen LogP contribution in [0.25, 0.3) is 11.1 Å². The third-order valence-electron chi connectivity index (χ3n) is 7.30. The van der Waals surface area contributed by atoms with E-state index in [-0.39, 0.29) is 24.5 Å². The summed E-state index contributed by atoms with van der Waals surface area (Å²) in [5, 5.41) is 12.3. The monoisotopic (exact) mass is 448 g/mol. The van der Waals surface area contributed by atoms with Gasteiger partial charge in [0.05, 0.1) is 5.92 Å². The molecule has 2 fully saturated rings. The minimum absolute atomic E-state index is 0.0231. The first kappa shape index (κ1) is 21.5. The van der Waals surface area contributed by atoms with Gasteiger partial charge in [-0.05, 0) is 47.9 Å². The van der Waals surface area contributed by atoms with Crippen LogP contribution >= 0.6 is 0 Å². The number of benzene rings is 2. The molecule has 7 nitrogen and oxygen atoms in total. The number of carbonyl (C=O) groups excluding carboxylic acids is 2. The SMILES string of the molecule is O=C(N[C@@H]1CCC[C@@H]1C(=O)N1CCC[C@H]1C(=O)O)OCC1c2ccccc2-c2ccccc21. The van der Waals surface area contributed by atoms with Crippen molar-refractivity contribution in [1.29, 1.82) is 0 Å². The Kier molecular flexibility index (Phi) is 5.79. The summed E-state index contributed by atoms with van der Waals surface area (Å²) in [6.45, 7) is 0.683. The molecule has 0 spiro atoms. The van der Waals surface area contributed by atoms with Gasteiger partial charge in [-0.1, -0.05) is 55.0 Å². The van der Waals surface area contributed by atoms with E-state index >= 15 is 0 Å². The van der Waals surface area contributed by atoms with Crippen LogP contribution in [0.15, 0.2) is 48.5 Å². The summed E-state index contributed by atoms with van der Waals surface area (Å²) >= 11 is 0. The van der Waals surface area contributed by atoms with Crippen LogP contribution in [0.4, 0.5) is 4.79 Å². The number of ether oxygens (including phenoxy) is 1. The predicted octanol–water partition coefficient (Wildman–Crippen LogP) is 3.77. The maximum atomic E-state index is 13.1. The zero-order valence-electron chi connectivity index (χ0n) is 18.4. The van der Waals surface area contributed by atoms with E-state index in [0.717, 1.165) is 17.5 Å². The minimum atomic E-state index is -0.958. The fraction of sp³-hybridized carbons (Fsp3) is 0.423. The summed E-state index contributed by atoms with van der Waals surface area (Å²) in [4.78, 5) is 38.7. The predicted molar refractivity (Wildman–Crippen MR) is 122 cm³/mol. The van der Waals surface area contributed by atoms with Crippen molar-refractivity contribution in [3.8, 4) is 11.1 Å². The van der Waals surface area contributed by atoms with Crippen molar-refractivity contribution in [1.82, 2.24) is 10.2 Å². The quantitative estimate of drug-likeness (QED) is 0.726. The lowest BCUT2D eigenvalue weighted by atomic mass is 9.98. The Morgan fingerprint density at radius 2 is 1.61 bits per heavy atom. The first-order valence-electron chi connectivity index (χ1n) is 11.7. The van der Waals surface area contributed by atoms with Gasteiger partial charge in [-0.25, -0.2) is 9.59 Å². The van der Waals surface area contributed by atoms with Gasteiger partial charge in [0.2, 0.25) is 5.91 Å². The Hall–Kier alpha value is -3.35. The van der Waals surface area contributed by atoms with Gasteiger partial charge in [-0.2, -0.15) is 0 Å². The molecule has 0 aromatic heterocycles. The Morgan fingerprint density at radius 3 is 2.27 bits per heavy atom. The van der Waals surface area contributed by atoms with E-state index in [9.17, 15) is 19.5 Å². The minimum Gasteiger partial charge on any atom is -0.480 e. The fourth-order valence-electron chi connectivity index (χ4n) is 5.72. The maximum absolute atomic E-state index is 13.1. The normalized spacial score (nSPS) is 23.8. The van der Waals surface area contributed by atoms with Crippen molar-refractivity contribution < 1.29 is 24.2 Å². The van der Waals surface area contributed by atoms with Gasteiger partial charge in [0.15, 0.2) is 0 Å². The van der Waals surface area contributed by atoms with Gasteiger partial charge in [-0.15, -0.1) is 0 Å². The van der Waals surface area contributed by atoms with Gasteiger partial charge < -0.3 is 20.1 Å². The van der Waals surface area contributed by atoms with E-state index in [1.54, 1.807) is 0 Å². The van der Waals surface area contributed by atoms with Gasteiger partial charge in [-0.3, -0.25) is 4.79 Å². The fourth-order valence-corrected chi connectivity index (χ4v) is 5.72. The molecule has 3 aliphatic rings. The van der Waals surface area contributed by atoms with Crippen LogP contribution in [0.2, 0.25) is 0 Å². The number of hydrogen-bond acceptors (Lipinski definition) is 4. The lowest BCUT2D eigenvalue weighted by molar-refractivity contribution is -0.150. The molecule has 2 aromatic rings. The third kappa shape index (κ3) is 3.96. The summed E-state index contributed by atoms with van der Waals surface area (Å²) < 4.78 is 5.65. The van der Waals surface area contributed by atoms with Gasteiger partial charge >= 0.3 is 12.1 Å². The van der Waals surface area contributed by atoms with Crippen LogP contribution in [-0.4, -0.2) is 53.2 Å². The average Bonchev–Trinajstić information content (AvgIpc) is 3.55. The third-order valence-corrected chi connectivity index (χ3v) is 7.30. The Labute approximate surface area is 192 Å². The molecular formula is C26H28N2O5. The second-order valence-electron chi connectivity index (χ2n) is 9.14. The lowest BCUT2D eigenvalue weighted by Crippen LogP contribution is -2.49. The van der Waals surface area contributed by atoms with Gasteiger partial charge in [0.1, 0.15) is 12.6 Å². The molecule has 0 radical (unpaired) electrons. The molecule has 33 heavy (non-hydrogen) atoms. The zero-order valence-corrected chi connectivity index (χ0v) is 18.4. The van der Waals surface area contributed by atoms with Crippen LogP contribution in [0.3, 0.4) is 0 Å². The molecule has 2 N–H and O–H groups in total. The summed E-state index contributed by atoms with van der Waals surface area (Å²) in [5.41, 5.74) is 4.63. The van der Waals surface area contributed by atoms with Crippen LogP contribution in [0.5, 0.6) is 0 Å². The van der Waals surface area contributed by atoms with Gasteiger partial charge in [0, 0.05) is 18.5 Å². The molecule has 1 saturated heterocycles. The standard InChI is InChI=1S/C26H28N2O5/c29-24(28-14-6-13-23(28)25(30)31)20-11-5-12-22(20)27-26(32)33-15-21-18-9-3-1-7-16(18)17-8-2-4-10-19(17)21/h1-4,7-10,20-23H,5-6,11-15H2,(H,27,32)(H,30,31)/t20-,22+,23-/m0/s1. The summed E-state index contributed by atoms with van der Waals surface area (Å²) in [7, 11) is 0. The van der Waals surface area contributed by atoms with Crippen molar-refractivity contribution in [3.05, 3.63) is 59.7 Å². The highest BCUT2D eigenvalue weighted by Gasteiger charge is 2.42. The Bertz CT molecular complexity index is 1040. The topological polar surface area (TPSA) is 95.9 Å². The van der Waals surface area contributed by atoms with Crippen LogP contribution < -0.4 is 5.32 Å². The highest BCUT2D eigenvalue weighted by molar-refractivity contribution is 5.87. The average molecular weight is 449 g/mol. The van der Waals surface area contributed by atoms with Crippen molar-refractivity contribution in [2.45, 2.75) is 50.1 Å². The zero-order chi connectivity index (χ0) is 22.9. The van der Waals surface area contributed by atoms with Crippen LogP contribution in [0.1, 0.15) is 49.1 Å². The van der Waals surface area contributed by atoms with Crippen LogP contribution in [0, 0.1) is 5.92 Å². The molecule has 1 aliphatic heterocycles. The summed E-state index contributed by atoms with van der Waals surface area (Å²) in [5.74, 6) is -1.54. The molecule has 0 bridgehead atoms. The molecule has 2 aromatic carbocycles. The number of rotatable bonds is 5. The first-order valence-corrected chi connectivity index (χ1v) is 11.7. The highest BCUT2D eigenvalue weighted by atomic mass is 16.5. The number of carboxylic acids is 1. The molecule has 172 valence electrons. The first-order chi connectivity index (χ1) is 16.0. The molecular weight excluding hydrogens is 420 g/mol. The van der Waals surface area contributed by atoms with Crippen molar-refractivity contribution in [2.75, 3.05) is 13.2 Å². The number of amides is 2. The molecule has 1 heterocycles. The van der Waals surface area contributed by atoms with Crippen molar-refractivity contribution in [2.24, 2.45) is 5.92 Å². The number of nitrogens with one attached hydrogen (secondary N) is 1. The molecule has 7 heteroatoms. The van der Waals surface area contributed by atoms with E-state index in [0.29, 0.717) is 32.2 Å². The largest absolute Gasteiger partial charge is 0.480 e. The molecule has 3 atom stereocenters. The van der Waals surface area contributed by atoms with Crippen molar-refractivity contribution >= 4 is 18.0 Å². The summed E-state index contributed by atoms with van der Waals surface area (Å²) in [6, 6.07) is 15.2. The number of fused-ring (bicyclic) bond motifs is 3. The van der Waals surface area contributed by atoms with E-state index in [2.05, 4.69) is 29.6 Å². The highest BCUT2D eigenvalue weighted by Crippen LogP contribution is 2.44. The second kappa shape index (κ2) is 8.89. The van der Waals surface area contributed by atoms with E-state index in [4.69, 9.17) is 4.74 Å². The van der Waals surface area contributed by atoms with Crippen molar-refractivity contribution in [3.63, 3.8) is 0 Å². The molecule has 1 saturated carbocycles. The van der Waals surface area contributed by atoms with E-state index in [1.165, 1.54) is 16.0 Å². The lowest BCUT2D eigenvalue weighted by Gasteiger charge is -2.28. The van der Waals surface area contributed by atoms with E-state index in [1.807, 2.05) is 24.3 Å². The number of alkyl carbamates (subject to hydrolysis) is 1. The smallest absolute Gasteiger partial charge is 0.407 e. The number of carbonyl (C=O) groups is 3. The maximum Gasteiger partial charge on any atom is 0.407 e.